The van der Waals surface area contributed by atoms with Gasteiger partial charge in [-0.25, -0.2) is 45.0 Å². The molecule has 8 N–H and O–H groups in total. The van der Waals surface area contributed by atoms with Crippen LogP contribution in [0.2, 0.25) is 15.1 Å². The van der Waals surface area contributed by atoms with Crippen molar-refractivity contribution in [1.29, 1.82) is 0 Å². The van der Waals surface area contributed by atoms with Gasteiger partial charge in [-0.05, 0) is 239 Å². The molecular formula is C92H109Cl3N18O16S3. The second-order valence-corrected chi connectivity index (χ2v) is 43.1. The number of ether oxygens (including phenoxy) is 4. The SMILES string of the molecule is CC(C)Oc1cc2c(cc1Nc1ncc(Cl)c(Nc3ccccc3S(=O)(=O)C(C)C)n1)C(=O)N(C1CCN(C)CC1)C2=O.CC(C)Oc1cc2c(cc1Nc1ncc(Cl)c(Nc3ccccc3S(=O)(=O)C(C)C)n1)C(=O)N(C1CC[C@H](C(N)=O)C1)C2.CCOC(=O)N1CCC(N2Cc3cc(OC(C)C)c(Nc4ncc(Cl)c(Nc5ccccc5S(=O)(=O)C(C)C)n4)cc3C2=O)CC1. The molecule has 9 aromatic rings. The number of piperidine rings is 2. The molecule has 6 aliphatic rings. The Morgan fingerprint density at radius 1 is 0.439 bits per heavy atom. The van der Waals surface area contributed by atoms with Gasteiger partial charge in [-0.15, -0.1) is 0 Å². The van der Waals surface area contributed by atoms with E-state index in [4.69, 9.17) is 59.5 Å². The van der Waals surface area contributed by atoms with Crippen molar-refractivity contribution in [2.45, 2.75) is 215 Å². The molecule has 40 heteroatoms. The van der Waals surface area contributed by atoms with E-state index in [0.29, 0.717) is 127 Å². The Kier molecular flexibility index (Phi) is 30.5. The topological polar surface area (TPSA) is 433 Å². The van der Waals surface area contributed by atoms with Gasteiger partial charge < -0.3 is 76.2 Å². The fourth-order valence-electron chi connectivity index (χ4n) is 16.1. The minimum atomic E-state index is -3.59. The number of likely N-dealkylation sites (tertiary alicyclic amines) is 2. The molecule has 2 saturated heterocycles. The normalized spacial score (nSPS) is 16.6. The Morgan fingerprint density at radius 2 is 0.788 bits per heavy atom. The highest BCUT2D eigenvalue weighted by Gasteiger charge is 2.44. The number of imide groups is 1. The van der Waals surface area contributed by atoms with Gasteiger partial charge in [-0.1, -0.05) is 71.2 Å². The number of carbonyl (C=O) groups excluding carboxylic acids is 6. The maximum atomic E-state index is 13.7. The maximum absolute atomic E-state index is 13.7. The van der Waals surface area contributed by atoms with E-state index in [1.54, 1.807) is 137 Å². The van der Waals surface area contributed by atoms with E-state index in [1.165, 1.54) is 41.7 Å². The standard InChI is InChI=1S/C32H39ClN6O6S.2C30H35ClN6O5S/c1-6-44-32(41)38-13-11-22(12-14-38)39-18-21-15-27(45-19(2)3)26(16-23(21)30(39)40)36-31-34-17-24(33)29(37-31)35-25-9-7-8-10-28(25)46(42,43)20(4)5;1-17(2)42-25-15-21-20(28(38)37(29(21)39)19-10-12-36(5)13-11-19)14-24(25)34-30-32-16-22(31)27(35-30)33-23-8-6-7-9-26(23)43(40,41)18(3)4;1-16(2)42-25-12-19-15-37(20-10-9-18(11-20)27(32)38)29(39)21(19)13-24(25)35-30-33-14-22(31)28(36-30)34-23-7-5-6-8-26(23)43(40,41)17(3)4/h7-10,15-17,19-20,22H,6,11-14,18H2,1-5H3,(H2,34,35,36,37);6-9,14-19H,10-13H2,1-5H3,(H2,32,33,34,35);5-8,12-14,16-18,20H,9-11,15H2,1-4H3,(H2,32,38)(H2,33,34,35,36)/t;;18-,20?/m..0/s1. The Morgan fingerprint density at radius 3 is 1.14 bits per heavy atom. The lowest BCUT2D eigenvalue weighted by molar-refractivity contribution is -0.121. The van der Waals surface area contributed by atoms with Crippen LogP contribution in [0.15, 0.2) is 142 Å². The molecule has 132 heavy (non-hydrogen) atoms. The average molecular weight is 1930 g/mol. The molecule has 0 bridgehead atoms. The summed E-state index contributed by atoms with van der Waals surface area (Å²) in [6.45, 7) is 26.7. The molecule has 1 unspecified atom stereocenters. The Labute approximate surface area is 783 Å². The number of carbonyl (C=O) groups is 6. The minimum absolute atomic E-state index is 0.00734. The molecule has 1 saturated carbocycles. The highest BCUT2D eigenvalue weighted by molar-refractivity contribution is 7.92. The molecule has 0 radical (unpaired) electrons. The second kappa shape index (κ2) is 41.2. The first-order valence-electron chi connectivity index (χ1n) is 43.7. The van der Waals surface area contributed by atoms with Crippen LogP contribution in [-0.2, 0) is 52.1 Å². The van der Waals surface area contributed by atoms with E-state index >= 15 is 0 Å². The second-order valence-electron chi connectivity index (χ2n) is 34.5. The number of hydrogen-bond donors (Lipinski definition) is 7. The molecule has 8 heterocycles. The van der Waals surface area contributed by atoms with Crippen molar-refractivity contribution in [1.82, 2.24) is 54.4 Å². The molecule has 3 aromatic heterocycles. The van der Waals surface area contributed by atoms with Gasteiger partial charge in [0, 0.05) is 61.3 Å². The number of anilines is 12. The van der Waals surface area contributed by atoms with Crippen LogP contribution in [0, 0.1) is 5.92 Å². The third-order valence-electron chi connectivity index (χ3n) is 23.1. The molecule has 0 spiro atoms. The van der Waals surface area contributed by atoms with Gasteiger partial charge in [0.05, 0.1) is 119 Å². The first-order chi connectivity index (χ1) is 62.6. The fourth-order valence-corrected chi connectivity index (χ4v) is 20.1. The van der Waals surface area contributed by atoms with Crippen molar-refractivity contribution in [2.75, 3.05) is 71.7 Å². The third kappa shape index (κ3) is 21.9. The largest absolute Gasteiger partial charge is 0.489 e. The van der Waals surface area contributed by atoms with Crippen LogP contribution in [-0.4, -0.2) is 207 Å². The predicted molar refractivity (Wildman–Crippen MR) is 506 cm³/mol. The number of fused-ring (bicyclic) bond motifs is 3. The number of nitrogens with zero attached hydrogens (tertiary/aromatic N) is 11. The van der Waals surface area contributed by atoms with Gasteiger partial charge in [-0.3, -0.25) is 28.9 Å². The summed E-state index contributed by atoms with van der Waals surface area (Å²) in [6.07, 6.45) is 8.06. The zero-order valence-corrected chi connectivity index (χ0v) is 80.4. The van der Waals surface area contributed by atoms with Gasteiger partial charge in [-0.2, -0.15) is 15.0 Å². The van der Waals surface area contributed by atoms with Crippen molar-refractivity contribution in [2.24, 2.45) is 11.7 Å². The van der Waals surface area contributed by atoms with Crippen LogP contribution in [0.1, 0.15) is 188 Å². The monoisotopic (exact) mass is 1920 g/mol. The van der Waals surface area contributed by atoms with Crippen LogP contribution in [0.3, 0.4) is 0 Å². The summed E-state index contributed by atoms with van der Waals surface area (Å²) >= 11 is 19.3. The zero-order chi connectivity index (χ0) is 95.3. The predicted octanol–water partition coefficient (Wildman–Crippen LogP) is 16.6. The van der Waals surface area contributed by atoms with Crippen LogP contribution >= 0.6 is 34.8 Å². The Hall–Kier alpha value is -11.7. The first kappa shape index (κ1) is 97.8. The molecule has 6 amide bonds. The van der Waals surface area contributed by atoms with Crippen molar-refractivity contribution < 1.29 is 73.0 Å². The summed E-state index contributed by atoms with van der Waals surface area (Å²) in [5, 5.41) is 17.2. The number of amides is 6. The van der Waals surface area contributed by atoms with Gasteiger partial charge >= 0.3 is 6.09 Å². The molecule has 34 nitrogen and oxygen atoms in total. The van der Waals surface area contributed by atoms with Gasteiger partial charge in [0.1, 0.15) is 32.3 Å². The lowest BCUT2D eigenvalue weighted by Crippen LogP contribution is -2.47. The number of aromatic nitrogens is 6. The summed E-state index contributed by atoms with van der Waals surface area (Å²) in [4.78, 5) is 114. The lowest BCUT2D eigenvalue weighted by Gasteiger charge is -2.36. The van der Waals surface area contributed by atoms with Gasteiger partial charge in [0.25, 0.3) is 23.6 Å². The van der Waals surface area contributed by atoms with Gasteiger partial charge in [0.2, 0.25) is 23.8 Å². The lowest BCUT2D eigenvalue weighted by atomic mass is 10.0. The number of halogens is 3. The average Bonchev–Trinajstić information content (AvgIpc) is 1.59. The number of para-hydroxylation sites is 3. The van der Waals surface area contributed by atoms with E-state index < -0.39 is 45.3 Å². The molecular weight excluding hydrogens is 1820 g/mol. The number of hydrogen-bond acceptors (Lipinski definition) is 29. The summed E-state index contributed by atoms with van der Waals surface area (Å²) in [5.74, 6) is 1.02. The van der Waals surface area contributed by atoms with E-state index in [1.807, 2.05) is 65.6 Å². The summed E-state index contributed by atoms with van der Waals surface area (Å²) < 4.78 is 101. The maximum Gasteiger partial charge on any atom is 0.409 e. The molecule has 6 aromatic carbocycles. The molecule has 2 atom stereocenters. The van der Waals surface area contributed by atoms with Gasteiger partial charge in [0.15, 0.2) is 47.0 Å². The summed E-state index contributed by atoms with van der Waals surface area (Å²) in [7, 11) is -8.74. The van der Waals surface area contributed by atoms with Crippen molar-refractivity contribution >= 4 is 169 Å². The number of sulfone groups is 3. The fraction of sp³-hybridized carbons (Fsp3) is 0.413. The van der Waals surface area contributed by atoms with Crippen molar-refractivity contribution in [3.8, 4) is 17.2 Å². The third-order valence-corrected chi connectivity index (χ3v) is 30.5. The first-order valence-corrected chi connectivity index (χ1v) is 49.5. The van der Waals surface area contributed by atoms with E-state index in [0.717, 1.165) is 43.5 Å². The van der Waals surface area contributed by atoms with E-state index in [2.05, 4.69) is 66.7 Å². The van der Waals surface area contributed by atoms with E-state index in [-0.39, 0.29) is 149 Å². The quantitative estimate of drug-likeness (QED) is 0.0214. The molecule has 15 rings (SSSR count). The van der Waals surface area contributed by atoms with Crippen LogP contribution < -0.4 is 51.8 Å². The minimum Gasteiger partial charge on any atom is -0.489 e. The van der Waals surface area contributed by atoms with Crippen LogP contribution in [0.4, 0.5) is 74.2 Å². The smallest absolute Gasteiger partial charge is 0.409 e. The Bertz CT molecular complexity index is 6260. The highest BCUT2D eigenvalue weighted by Crippen LogP contribution is 2.45. The molecule has 5 aliphatic heterocycles. The summed E-state index contributed by atoms with van der Waals surface area (Å²) in [5.41, 5.74) is 11.2. The molecule has 702 valence electrons. The molecule has 3 fully saturated rings. The van der Waals surface area contributed by atoms with Crippen molar-refractivity contribution in [3.63, 3.8) is 0 Å². The zero-order valence-electron chi connectivity index (χ0n) is 75.7. The number of rotatable bonds is 29. The number of benzene rings is 6. The Balaban J connectivity index is 0.000000168. The summed E-state index contributed by atoms with van der Waals surface area (Å²) in [6, 6.07) is 29.8. The van der Waals surface area contributed by atoms with Crippen molar-refractivity contribution in [3.05, 3.63) is 176 Å². The number of nitrogens with two attached hydrogens (primary N) is 1. The number of nitrogens with one attached hydrogen (secondary N) is 6. The highest BCUT2D eigenvalue weighted by atomic mass is 35.5. The van der Waals surface area contributed by atoms with E-state index in [9.17, 15) is 54.0 Å². The molecule has 1 aliphatic carbocycles. The van der Waals surface area contributed by atoms with Crippen LogP contribution in [0.5, 0.6) is 17.2 Å². The number of primary amides is 1. The van der Waals surface area contributed by atoms with Crippen LogP contribution in [0.25, 0.3) is 0 Å².